The Morgan fingerprint density at radius 3 is 2.25 bits per heavy atom. The highest BCUT2D eigenvalue weighted by molar-refractivity contribution is 6.30. The molecule has 3 aliphatic rings. The fourth-order valence-corrected chi connectivity index (χ4v) is 5.42. The number of aliphatic hydroxyl groups is 2. The molecule has 2 aliphatic carbocycles. The summed E-state index contributed by atoms with van der Waals surface area (Å²) in [5.41, 5.74) is 3.38. The molecule has 190 valence electrons. The molecule has 1 fully saturated rings. The summed E-state index contributed by atoms with van der Waals surface area (Å²) in [6.45, 7) is 2.80. The second kappa shape index (κ2) is 8.46. The van der Waals surface area contributed by atoms with Gasteiger partial charge in [-0.15, -0.1) is 0 Å². The van der Waals surface area contributed by atoms with E-state index in [1.54, 1.807) is 19.1 Å². The fourth-order valence-electron chi connectivity index (χ4n) is 5.42. The zero-order valence-electron chi connectivity index (χ0n) is 19.7. The third-order valence-electron chi connectivity index (χ3n) is 7.50. The van der Waals surface area contributed by atoms with E-state index in [-0.39, 0.29) is 46.2 Å². The van der Waals surface area contributed by atoms with Crippen molar-refractivity contribution in [2.24, 2.45) is 5.73 Å². The van der Waals surface area contributed by atoms with E-state index >= 15 is 0 Å². The van der Waals surface area contributed by atoms with E-state index in [0.717, 1.165) is 0 Å². The van der Waals surface area contributed by atoms with Crippen molar-refractivity contribution >= 4 is 17.3 Å². The van der Waals surface area contributed by atoms with Gasteiger partial charge in [-0.2, -0.15) is 0 Å². The van der Waals surface area contributed by atoms with Crippen LogP contribution in [0.15, 0.2) is 24.3 Å². The molecule has 0 spiro atoms. The minimum Gasteiger partial charge on any atom is -0.507 e. The Kier molecular flexibility index (Phi) is 5.77. The van der Waals surface area contributed by atoms with Crippen LogP contribution in [0.2, 0.25) is 0 Å². The quantitative estimate of drug-likeness (QED) is 0.328. The lowest BCUT2D eigenvalue weighted by molar-refractivity contribution is -0.247. The summed E-state index contributed by atoms with van der Waals surface area (Å²) in [6, 6.07) is 5.40. The topological polar surface area (TPSA) is 177 Å². The van der Waals surface area contributed by atoms with Gasteiger partial charge in [-0.1, -0.05) is 24.3 Å². The summed E-state index contributed by atoms with van der Waals surface area (Å²) >= 11 is 0. The van der Waals surface area contributed by atoms with E-state index in [1.165, 1.54) is 19.1 Å². The Balaban J connectivity index is 1.66. The average Bonchev–Trinajstić information content (AvgIpc) is 2.82. The van der Waals surface area contributed by atoms with Crippen LogP contribution in [0.3, 0.4) is 0 Å². The van der Waals surface area contributed by atoms with Crippen LogP contribution in [0.1, 0.15) is 75.8 Å². The Labute approximate surface area is 206 Å². The number of phenols is 2. The molecule has 36 heavy (non-hydrogen) atoms. The molecule has 5 rings (SSSR count). The van der Waals surface area contributed by atoms with Gasteiger partial charge >= 0.3 is 0 Å². The van der Waals surface area contributed by atoms with Gasteiger partial charge in [0.15, 0.2) is 23.6 Å². The van der Waals surface area contributed by atoms with Gasteiger partial charge in [-0.05, 0) is 13.8 Å². The summed E-state index contributed by atoms with van der Waals surface area (Å²) in [5, 5.41) is 43.8. The Bertz CT molecular complexity index is 1290. The van der Waals surface area contributed by atoms with Crippen molar-refractivity contribution in [3.05, 3.63) is 57.6 Å². The van der Waals surface area contributed by atoms with Crippen LogP contribution in [0.4, 0.5) is 0 Å². The molecule has 1 aliphatic heterocycles. The molecule has 10 heteroatoms. The normalized spacial score (nSPS) is 31.4. The van der Waals surface area contributed by atoms with Crippen LogP contribution >= 0.6 is 0 Å². The van der Waals surface area contributed by atoms with Gasteiger partial charge in [0.25, 0.3) is 0 Å². The first-order chi connectivity index (χ1) is 16.9. The third-order valence-corrected chi connectivity index (χ3v) is 7.50. The summed E-state index contributed by atoms with van der Waals surface area (Å²) in [7, 11) is 0. The van der Waals surface area contributed by atoms with Crippen LogP contribution in [-0.4, -0.2) is 67.9 Å². The van der Waals surface area contributed by atoms with Gasteiger partial charge < -0.3 is 35.6 Å². The molecule has 6 N–H and O–H groups in total. The number of aromatic hydroxyl groups is 2. The number of nitrogens with two attached hydrogens (primary N) is 1. The van der Waals surface area contributed by atoms with Crippen molar-refractivity contribution in [1.82, 2.24) is 0 Å². The van der Waals surface area contributed by atoms with E-state index < -0.39 is 71.5 Å². The number of Topliss-reactive ketones (excluding diaryl/α,β-unsaturated/α-hetero) is 1. The van der Waals surface area contributed by atoms with E-state index in [9.17, 15) is 34.8 Å². The molecule has 1 saturated heterocycles. The number of ketones is 3. The lowest BCUT2D eigenvalue weighted by Gasteiger charge is -2.42. The molecule has 2 aromatic rings. The molecule has 0 radical (unpaired) electrons. The maximum absolute atomic E-state index is 13.3. The minimum absolute atomic E-state index is 0.00588. The van der Waals surface area contributed by atoms with Gasteiger partial charge in [0.1, 0.15) is 17.1 Å². The van der Waals surface area contributed by atoms with E-state index in [0.29, 0.717) is 0 Å². The predicted molar refractivity (Wildman–Crippen MR) is 124 cm³/mol. The first kappa shape index (κ1) is 24.5. The van der Waals surface area contributed by atoms with Gasteiger partial charge in [-0.25, -0.2) is 0 Å². The molecule has 0 unspecified atom stereocenters. The highest BCUT2D eigenvalue weighted by Crippen LogP contribution is 2.51. The fraction of sp³-hybridized carbons (Fsp3) is 0.423. The molecular formula is C26H27NO9. The summed E-state index contributed by atoms with van der Waals surface area (Å²) in [5.74, 6) is -3.06. The second-order valence-electron chi connectivity index (χ2n) is 9.80. The van der Waals surface area contributed by atoms with Gasteiger partial charge in [0.2, 0.25) is 0 Å². The number of carbonyl (C=O) groups is 3. The monoisotopic (exact) mass is 497 g/mol. The van der Waals surface area contributed by atoms with Crippen molar-refractivity contribution in [2.45, 2.75) is 69.4 Å². The standard InChI is InChI=1S/C26H27NO9/c1-10-21(29)15(27)7-17(35-10)36-16-9-26(34,11(2)28)8-14-18(16)25(33)20-19(24(14)32)22(30)12-5-3-4-6-13(12)23(20)31/h3-6,10,15-17,21,29,32-34H,7-9,27H2,1-2H3/t10-,15-,16+,17+,21+,26-/m0/s1. The number of rotatable bonds is 3. The highest BCUT2D eigenvalue weighted by atomic mass is 16.7. The first-order valence-corrected chi connectivity index (χ1v) is 11.7. The number of benzene rings is 2. The van der Waals surface area contributed by atoms with Crippen LogP contribution in [-0.2, 0) is 20.7 Å². The van der Waals surface area contributed by atoms with E-state index in [4.69, 9.17) is 15.2 Å². The molecule has 2 aromatic carbocycles. The number of carbonyl (C=O) groups excluding carboxylic acids is 3. The lowest BCUT2D eigenvalue weighted by Crippen LogP contribution is -2.52. The summed E-state index contributed by atoms with van der Waals surface area (Å²) in [6.07, 6.45) is -4.38. The zero-order valence-corrected chi connectivity index (χ0v) is 19.7. The maximum Gasteiger partial charge on any atom is 0.198 e. The number of ether oxygens (including phenoxy) is 2. The van der Waals surface area contributed by atoms with Gasteiger partial charge in [-0.3, -0.25) is 14.4 Å². The zero-order chi connectivity index (χ0) is 26.1. The Morgan fingerprint density at radius 1 is 1.11 bits per heavy atom. The lowest BCUT2D eigenvalue weighted by atomic mass is 9.72. The molecule has 1 heterocycles. The Morgan fingerprint density at radius 2 is 1.69 bits per heavy atom. The van der Waals surface area contributed by atoms with Crippen LogP contribution in [0.5, 0.6) is 11.5 Å². The molecule has 0 aromatic heterocycles. The van der Waals surface area contributed by atoms with Crippen LogP contribution in [0.25, 0.3) is 0 Å². The number of phenolic OH excluding ortho intramolecular Hbond substituents is 2. The minimum atomic E-state index is -1.97. The van der Waals surface area contributed by atoms with Crippen molar-refractivity contribution in [3.63, 3.8) is 0 Å². The second-order valence-corrected chi connectivity index (χ2v) is 9.80. The van der Waals surface area contributed by atoms with Crippen molar-refractivity contribution < 1.29 is 44.3 Å². The van der Waals surface area contributed by atoms with Crippen molar-refractivity contribution in [2.75, 3.05) is 0 Å². The maximum atomic E-state index is 13.3. The molecule has 6 atom stereocenters. The van der Waals surface area contributed by atoms with Crippen LogP contribution < -0.4 is 5.73 Å². The van der Waals surface area contributed by atoms with Crippen LogP contribution in [0, 0.1) is 0 Å². The number of aliphatic hydroxyl groups excluding tert-OH is 1. The Hall–Kier alpha value is -3.15. The first-order valence-electron chi connectivity index (χ1n) is 11.7. The molecular weight excluding hydrogens is 470 g/mol. The van der Waals surface area contributed by atoms with E-state index in [2.05, 4.69) is 0 Å². The van der Waals surface area contributed by atoms with E-state index in [1.807, 2.05) is 0 Å². The van der Waals surface area contributed by atoms with Crippen molar-refractivity contribution in [1.29, 1.82) is 0 Å². The molecule has 0 bridgehead atoms. The summed E-state index contributed by atoms with van der Waals surface area (Å²) in [4.78, 5) is 39.0. The van der Waals surface area contributed by atoms with Crippen molar-refractivity contribution in [3.8, 4) is 11.5 Å². The molecule has 0 amide bonds. The number of hydrogen-bond donors (Lipinski definition) is 5. The SMILES string of the molecule is CC(=O)[C@]1(O)Cc2c(O)c3c(c(O)c2[C@H](O[C@@H]2C[C@H](N)[C@H](O)[C@H](C)O2)C1)C(=O)c1ccccc1C3=O. The molecule has 0 saturated carbocycles. The largest absolute Gasteiger partial charge is 0.507 e. The number of fused-ring (bicyclic) bond motifs is 3. The number of hydrogen-bond acceptors (Lipinski definition) is 10. The third kappa shape index (κ3) is 3.56. The predicted octanol–water partition coefficient (Wildman–Crippen LogP) is 1.02. The average molecular weight is 498 g/mol. The molecule has 10 nitrogen and oxygen atoms in total. The highest BCUT2D eigenvalue weighted by Gasteiger charge is 2.49. The summed E-state index contributed by atoms with van der Waals surface area (Å²) < 4.78 is 11.8. The van der Waals surface area contributed by atoms with Gasteiger partial charge in [0.05, 0.1) is 29.4 Å². The van der Waals surface area contributed by atoms with Gasteiger partial charge in [0, 0.05) is 47.6 Å². The smallest absolute Gasteiger partial charge is 0.198 e.